The maximum absolute atomic E-state index is 12.7. The van der Waals surface area contributed by atoms with Gasteiger partial charge < -0.3 is 20.1 Å². The lowest BCUT2D eigenvalue weighted by Gasteiger charge is -2.35. The Hall–Kier alpha value is -1.43. The Labute approximate surface area is 119 Å². The van der Waals surface area contributed by atoms with Gasteiger partial charge in [0.05, 0.1) is 25.9 Å². The molecule has 1 fully saturated rings. The highest BCUT2D eigenvalue weighted by Crippen LogP contribution is 2.16. The number of hydrogen-bond acceptors (Lipinski definition) is 4. The Morgan fingerprint density at radius 1 is 1.50 bits per heavy atom. The van der Waals surface area contributed by atoms with Crippen LogP contribution in [-0.2, 0) is 11.2 Å². The highest BCUT2D eigenvalue weighted by Gasteiger charge is 2.28. The van der Waals surface area contributed by atoms with Crippen LogP contribution < -0.4 is 5.32 Å². The van der Waals surface area contributed by atoms with Gasteiger partial charge in [0, 0.05) is 12.1 Å². The fraction of sp³-hybridized carbons (Fsp3) is 0.533. The van der Waals surface area contributed by atoms with E-state index in [-0.39, 0.29) is 18.6 Å². The summed E-state index contributed by atoms with van der Waals surface area (Å²) in [5.41, 5.74) is 1.76. The van der Waals surface area contributed by atoms with Gasteiger partial charge in [-0.1, -0.05) is 18.2 Å². The summed E-state index contributed by atoms with van der Waals surface area (Å²) >= 11 is 0. The molecule has 1 saturated heterocycles. The molecule has 110 valence electrons. The molecule has 1 aliphatic rings. The SMILES string of the molecule is CNCCc1ccccc1C(=O)N1CCOCC1CO. The van der Waals surface area contributed by atoms with Crippen molar-refractivity contribution in [3.05, 3.63) is 35.4 Å². The fourth-order valence-corrected chi connectivity index (χ4v) is 2.43. The average molecular weight is 278 g/mol. The standard InChI is InChI=1S/C15H22N2O3/c1-16-7-6-12-4-2-3-5-14(12)15(19)17-8-9-20-11-13(17)10-18/h2-5,13,16,18H,6-11H2,1H3. The third-order valence-corrected chi connectivity index (χ3v) is 3.59. The Balaban J connectivity index is 2.19. The third kappa shape index (κ3) is 3.36. The fourth-order valence-electron chi connectivity index (χ4n) is 2.43. The highest BCUT2D eigenvalue weighted by atomic mass is 16.5. The van der Waals surface area contributed by atoms with Crippen LogP contribution in [0.2, 0.25) is 0 Å². The molecule has 1 unspecified atom stereocenters. The zero-order valence-corrected chi connectivity index (χ0v) is 11.8. The van der Waals surface area contributed by atoms with Crippen LogP contribution in [0.1, 0.15) is 15.9 Å². The number of carbonyl (C=O) groups is 1. The number of likely N-dealkylation sites (N-methyl/N-ethyl adjacent to an activating group) is 1. The molecule has 5 nitrogen and oxygen atoms in total. The summed E-state index contributed by atoms with van der Waals surface area (Å²) in [6.45, 7) is 2.23. The molecule has 1 atom stereocenters. The van der Waals surface area contributed by atoms with Gasteiger partial charge in [-0.15, -0.1) is 0 Å². The summed E-state index contributed by atoms with van der Waals surface area (Å²) in [6, 6.07) is 7.43. The molecule has 20 heavy (non-hydrogen) atoms. The molecule has 2 N–H and O–H groups in total. The second kappa shape index (κ2) is 7.38. The van der Waals surface area contributed by atoms with Crippen molar-refractivity contribution in [2.45, 2.75) is 12.5 Å². The minimum Gasteiger partial charge on any atom is -0.394 e. The first kappa shape index (κ1) is 15.0. The first-order chi connectivity index (χ1) is 9.77. The third-order valence-electron chi connectivity index (χ3n) is 3.59. The van der Waals surface area contributed by atoms with E-state index < -0.39 is 0 Å². The van der Waals surface area contributed by atoms with E-state index in [1.54, 1.807) is 4.90 Å². The smallest absolute Gasteiger partial charge is 0.254 e. The van der Waals surface area contributed by atoms with Gasteiger partial charge in [-0.05, 0) is 31.6 Å². The number of rotatable bonds is 5. The van der Waals surface area contributed by atoms with Crippen LogP contribution in [0.5, 0.6) is 0 Å². The van der Waals surface area contributed by atoms with Crippen LogP contribution in [0.15, 0.2) is 24.3 Å². The lowest BCUT2D eigenvalue weighted by Crippen LogP contribution is -2.50. The van der Waals surface area contributed by atoms with Gasteiger partial charge in [-0.25, -0.2) is 0 Å². The molecule has 0 aliphatic carbocycles. The summed E-state index contributed by atoms with van der Waals surface area (Å²) in [7, 11) is 1.90. The number of amides is 1. The Morgan fingerprint density at radius 2 is 2.30 bits per heavy atom. The second-order valence-corrected chi connectivity index (χ2v) is 4.92. The van der Waals surface area contributed by atoms with Crippen molar-refractivity contribution in [2.75, 3.05) is 40.0 Å². The number of benzene rings is 1. The van der Waals surface area contributed by atoms with Crippen molar-refractivity contribution >= 4 is 5.91 Å². The Bertz CT molecular complexity index is 450. The first-order valence-corrected chi connectivity index (χ1v) is 7.00. The largest absolute Gasteiger partial charge is 0.394 e. The number of carbonyl (C=O) groups excluding carboxylic acids is 1. The minimum atomic E-state index is -0.242. The maximum Gasteiger partial charge on any atom is 0.254 e. The quantitative estimate of drug-likeness (QED) is 0.812. The first-order valence-electron chi connectivity index (χ1n) is 7.00. The molecule has 0 aromatic heterocycles. The molecule has 0 radical (unpaired) electrons. The number of nitrogens with zero attached hydrogens (tertiary/aromatic N) is 1. The number of morpholine rings is 1. The van der Waals surface area contributed by atoms with Crippen molar-refractivity contribution in [3.63, 3.8) is 0 Å². The van der Waals surface area contributed by atoms with E-state index in [0.717, 1.165) is 24.1 Å². The zero-order valence-electron chi connectivity index (χ0n) is 11.8. The number of hydrogen-bond donors (Lipinski definition) is 2. The predicted molar refractivity (Wildman–Crippen MR) is 76.8 cm³/mol. The van der Waals surface area contributed by atoms with Gasteiger partial charge in [0.1, 0.15) is 0 Å². The molecule has 1 aliphatic heterocycles. The van der Waals surface area contributed by atoms with E-state index in [1.807, 2.05) is 31.3 Å². The van der Waals surface area contributed by atoms with E-state index in [0.29, 0.717) is 19.8 Å². The molecule has 0 saturated carbocycles. The van der Waals surface area contributed by atoms with Crippen LogP contribution in [0.4, 0.5) is 0 Å². The van der Waals surface area contributed by atoms with Crippen LogP contribution in [0, 0.1) is 0 Å². The summed E-state index contributed by atoms with van der Waals surface area (Å²) in [5, 5.41) is 12.5. The van der Waals surface area contributed by atoms with Crippen molar-refractivity contribution in [3.8, 4) is 0 Å². The molecular weight excluding hydrogens is 256 g/mol. The monoisotopic (exact) mass is 278 g/mol. The second-order valence-electron chi connectivity index (χ2n) is 4.92. The molecule has 1 heterocycles. The lowest BCUT2D eigenvalue weighted by atomic mass is 10.0. The van der Waals surface area contributed by atoms with Crippen molar-refractivity contribution in [2.24, 2.45) is 0 Å². The van der Waals surface area contributed by atoms with Gasteiger partial charge in [0.15, 0.2) is 0 Å². The Morgan fingerprint density at radius 3 is 3.05 bits per heavy atom. The van der Waals surface area contributed by atoms with Crippen LogP contribution >= 0.6 is 0 Å². The van der Waals surface area contributed by atoms with E-state index in [4.69, 9.17) is 4.74 Å². The van der Waals surface area contributed by atoms with Crippen LogP contribution in [0.25, 0.3) is 0 Å². The summed E-state index contributed by atoms with van der Waals surface area (Å²) in [4.78, 5) is 14.4. The van der Waals surface area contributed by atoms with Crippen molar-refractivity contribution in [1.29, 1.82) is 0 Å². The molecular formula is C15H22N2O3. The van der Waals surface area contributed by atoms with Crippen LogP contribution in [0.3, 0.4) is 0 Å². The summed E-state index contributed by atoms with van der Waals surface area (Å²) in [6.07, 6.45) is 0.812. The van der Waals surface area contributed by atoms with Gasteiger partial charge >= 0.3 is 0 Å². The summed E-state index contributed by atoms with van der Waals surface area (Å²) in [5.74, 6) is -0.0148. The molecule has 5 heteroatoms. The summed E-state index contributed by atoms with van der Waals surface area (Å²) < 4.78 is 5.32. The molecule has 1 aromatic rings. The van der Waals surface area contributed by atoms with E-state index in [1.165, 1.54) is 0 Å². The van der Waals surface area contributed by atoms with Crippen LogP contribution in [-0.4, -0.2) is 61.9 Å². The van der Waals surface area contributed by atoms with E-state index in [9.17, 15) is 9.90 Å². The van der Waals surface area contributed by atoms with E-state index in [2.05, 4.69) is 5.32 Å². The molecule has 0 bridgehead atoms. The van der Waals surface area contributed by atoms with Crippen molar-refractivity contribution < 1.29 is 14.6 Å². The maximum atomic E-state index is 12.7. The van der Waals surface area contributed by atoms with Gasteiger partial charge in [-0.3, -0.25) is 4.79 Å². The van der Waals surface area contributed by atoms with Crippen molar-refractivity contribution in [1.82, 2.24) is 10.2 Å². The Kier molecular flexibility index (Phi) is 5.52. The normalized spacial score (nSPS) is 19.1. The minimum absolute atomic E-state index is 0.0148. The molecule has 0 spiro atoms. The molecule has 1 aromatic carbocycles. The topological polar surface area (TPSA) is 61.8 Å². The number of aliphatic hydroxyl groups is 1. The highest BCUT2D eigenvalue weighted by molar-refractivity contribution is 5.96. The van der Waals surface area contributed by atoms with Gasteiger partial charge in [0.25, 0.3) is 5.91 Å². The zero-order chi connectivity index (χ0) is 14.4. The predicted octanol–water partition coefficient (Wildman–Crippen LogP) is 0.282. The van der Waals surface area contributed by atoms with Gasteiger partial charge in [-0.2, -0.15) is 0 Å². The van der Waals surface area contributed by atoms with Gasteiger partial charge in [0.2, 0.25) is 0 Å². The number of ether oxygens (including phenoxy) is 1. The molecule has 1 amide bonds. The molecule has 2 rings (SSSR count). The number of aliphatic hydroxyl groups excluding tert-OH is 1. The average Bonchev–Trinajstić information content (AvgIpc) is 2.52. The number of nitrogens with one attached hydrogen (secondary N) is 1. The van der Waals surface area contributed by atoms with E-state index >= 15 is 0 Å². The lowest BCUT2D eigenvalue weighted by molar-refractivity contribution is -0.0184.